The predicted molar refractivity (Wildman–Crippen MR) is 124 cm³/mol. The second-order valence-corrected chi connectivity index (χ2v) is 10.5. The van der Waals surface area contributed by atoms with E-state index in [4.69, 9.17) is 9.57 Å². The SMILES string of the molecule is O=C(NOC1CCCCO1)C1CC=CC=C1S(=O)(=O)N1CCN(c2ccc(OC(F)(F)F)cc2)CC1. The molecule has 2 fully saturated rings. The number of nitrogens with zero attached hydrogens (tertiary/aromatic N) is 2. The summed E-state index contributed by atoms with van der Waals surface area (Å²) in [5.74, 6) is -1.81. The highest BCUT2D eigenvalue weighted by molar-refractivity contribution is 7.93. The van der Waals surface area contributed by atoms with Crippen molar-refractivity contribution < 1.29 is 40.7 Å². The molecule has 1 amide bonds. The molecule has 0 radical (unpaired) electrons. The molecule has 2 saturated heterocycles. The molecule has 36 heavy (non-hydrogen) atoms. The van der Waals surface area contributed by atoms with Gasteiger partial charge in [-0.1, -0.05) is 12.2 Å². The third-order valence-electron chi connectivity index (χ3n) is 6.17. The van der Waals surface area contributed by atoms with Gasteiger partial charge in [0, 0.05) is 44.9 Å². The zero-order chi connectivity index (χ0) is 25.8. The van der Waals surface area contributed by atoms with Gasteiger partial charge in [0.1, 0.15) is 5.75 Å². The minimum Gasteiger partial charge on any atom is -0.406 e. The quantitative estimate of drug-likeness (QED) is 0.540. The van der Waals surface area contributed by atoms with Gasteiger partial charge in [-0.25, -0.2) is 18.7 Å². The van der Waals surface area contributed by atoms with Crippen LogP contribution in [0.4, 0.5) is 18.9 Å². The first-order chi connectivity index (χ1) is 17.1. The van der Waals surface area contributed by atoms with Crippen LogP contribution in [-0.4, -0.2) is 64.1 Å². The van der Waals surface area contributed by atoms with E-state index >= 15 is 0 Å². The average Bonchev–Trinajstić information content (AvgIpc) is 2.87. The van der Waals surface area contributed by atoms with Crippen LogP contribution in [-0.2, 0) is 24.4 Å². The van der Waals surface area contributed by atoms with Gasteiger partial charge in [-0.15, -0.1) is 13.2 Å². The maximum Gasteiger partial charge on any atom is 0.573 e. The molecule has 2 unspecified atom stereocenters. The normalized spacial score (nSPS) is 23.8. The number of anilines is 1. The molecule has 0 spiro atoms. The fourth-order valence-corrected chi connectivity index (χ4v) is 6.06. The molecule has 1 aliphatic carbocycles. The van der Waals surface area contributed by atoms with Crippen molar-refractivity contribution in [2.75, 3.05) is 37.7 Å². The molecule has 2 atom stereocenters. The van der Waals surface area contributed by atoms with Gasteiger partial charge in [-0.2, -0.15) is 4.31 Å². The van der Waals surface area contributed by atoms with Crippen LogP contribution in [0.5, 0.6) is 5.75 Å². The lowest BCUT2D eigenvalue weighted by atomic mass is 10.00. The number of hydroxylamine groups is 1. The fourth-order valence-electron chi connectivity index (χ4n) is 4.31. The number of amides is 1. The lowest BCUT2D eigenvalue weighted by Gasteiger charge is -2.36. The highest BCUT2D eigenvalue weighted by Crippen LogP contribution is 2.30. The van der Waals surface area contributed by atoms with Crippen molar-refractivity contribution in [3.05, 3.63) is 47.4 Å². The van der Waals surface area contributed by atoms with E-state index in [1.807, 2.05) is 4.90 Å². The first-order valence-electron chi connectivity index (χ1n) is 11.7. The highest BCUT2D eigenvalue weighted by Gasteiger charge is 2.38. The number of nitrogens with one attached hydrogen (secondary N) is 1. The lowest BCUT2D eigenvalue weighted by molar-refractivity contribution is -0.274. The Morgan fingerprint density at radius 1 is 1.08 bits per heavy atom. The number of hydrogen-bond acceptors (Lipinski definition) is 7. The highest BCUT2D eigenvalue weighted by atomic mass is 32.2. The molecule has 0 aromatic heterocycles. The summed E-state index contributed by atoms with van der Waals surface area (Å²) in [6.07, 6.45) is 2.18. The summed E-state index contributed by atoms with van der Waals surface area (Å²) in [6.45, 7) is 1.53. The van der Waals surface area contributed by atoms with Crippen molar-refractivity contribution in [2.24, 2.45) is 5.92 Å². The number of halogens is 3. The Bertz CT molecular complexity index is 1080. The van der Waals surface area contributed by atoms with Gasteiger partial charge in [0.25, 0.3) is 5.91 Å². The van der Waals surface area contributed by atoms with E-state index in [1.54, 1.807) is 12.2 Å². The number of sulfonamides is 1. The predicted octanol–water partition coefficient (Wildman–Crippen LogP) is 3.07. The topological polar surface area (TPSA) is 97.4 Å². The van der Waals surface area contributed by atoms with Gasteiger partial charge >= 0.3 is 6.36 Å². The van der Waals surface area contributed by atoms with Crippen molar-refractivity contribution in [3.63, 3.8) is 0 Å². The van der Waals surface area contributed by atoms with E-state index in [-0.39, 0.29) is 30.2 Å². The van der Waals surface area contributed by atoms with Gasteiger partial charge in [0.2, 0.25) is 10.0 Å². The smallest absolute Gasteiger partial charge is 0.406 e. The molecular formula is C23H28F3N3O6S. The van der Waals surface area contributed by atoms with Crippen molar-refractivity contribution in [1.29, 1.82) is 0 Å². The van der Waals surface area contributed by atoms with E-state index < -0.39 is 34.5 Å². The summed E-state index contributed by atoms with van der Waals surface area (Å²) in [7, 11) is -3.93. The van der Waals surface area contributed by atoms with Crippen molar-refractivity contribution in [1.82, 2.24) is 9.79 Å². The van der Waals surface area contributed by atoms with Crippen LogP contribution >= 0.6 is 0 Å². The Kier molecular flexibility index (Phi) is 8.23. The van der Waals surface area contributed by atoms with E-state index in [9.17, 15) is 26.4 Å². The van der Waals surface area contributed by atoms with Crippen molar-refractivity contribution in [2.45, 2.75) is 38.3 Å². The Balaban J connectivity index is 1.35. The van der Waals surface area contributed by atoms with E-state index in [2.05, 4.69) is 10.2 Å². The molecule has 2 aliphatic heterocycles. The van der Waals surface area contributed by atoms with Gasteiger partial charge in [0.15, 0.2) is 6.29 Å². The van der Waals surface area contributed by atoms with Gasteiger partial charge in [0.05, 0.1) is 10.8 Å². The molecule has 1 aromatic carbocycles. The second-order valence-electron chi connectivity index (χ2n) is 8.60. The summed E-state index contributed by atoms with van der Waals surface area (Å²) >= 11 is 0. The number of allylic oxidation sites excluding steroid dienone is 3. The van der Waals surface area contributed by atoms with Crippen LogP contribution in [0.3, 0.4) is 0 Å². The van der Waals surface area contributed by atoms with E-state index in [1.165, 1.54) is 34.6 Å². The van der Waals surface area contributed by atoms with E-state index in [0.29, 0.717) is 31.8 Å². The number of benzene rings is 1. The first-order valence-corrected chi connectivity index (χ1v) is 13.1. The molecule has 3 aliphatic rings. The number of hydrogen-bond donors (Lipinski definition) is 1. The van der Waals surface area contributed by atoms with Crippen LogP contribution in [0.2, 0.25) is 0 Å². The summed E-state index contributed by atoms with van der Waals surface area (Å²) in [5, 5.41) is 0. The van der Waals surface area contributed by atoms with Crippen molar-refractivity contribution >= 4 is 21.6 Å². The largest absolute Gasteiger partial charge is 0.573 e. The second kappa shape index (κ2) is 11.2. The van der Waals surface area contributed by atoms with Gasteiger partial charge < -0.3 is 14.4 Å². The summed E-state index contributed by atoms with van der Waals surface area (Å²) in [6, 6.07) is 5.43. The summed E-state index contributed by atoms with van der Waals surface area (Å²) in [5.41, 5.74) is 3.02. The van der Waals surface area contributed by atoms with Crippen LogP contribution < -0.4 is 15.1 Å². The van der Waals surface area contributed by atoms with Crippen LogP contribution in [0.15, 0.2) is 47.4 Å². The zero-order valence-corrected chi connectivity index (χ0v) is 20.3. The summed E-state index contributed by atoms with van der Waals surface area (Å²) in [4.78, 5) is 20.0. The molecule has 0 bridgehead atoms. The maximum atomic E-state index is 13.4. The maximum absolute atomic E-state index is 13.4. The Hall–Kier alpha value is -2.61. The Morgan fingerprint density at radius 3 is 2.44 bits per heavy atom. The molecule has 198 valence electrons. The van der Waals surface area contributed by atoms with Crippen molar-refractivity contribution in [3.8, 4) is 5.75 Å². The first kappa shape index (κ1) is 26.5. The molecule has 4 rings (SSSR count). The summed E-state index contributed by atoms with van der Waals surface area (Å²) < 4.78 is 74.6. The van der Waals surface area contributed by atoms with Crippen LogP contribution in [0.1, 0.15) is 25.7 Å². The molecule has 13 heteroatoms. The number of ether oxygens (including phenoxy) is 2. The number of piperazine rings is 1. The van der Waals surface area contributed by atoms with Crippen LogP contribution in [0, 0.1) is 5.92 Å². The number of carbonyl (C=O) groups excluding carboxylic acids is 1. The Morgan fingerprint density at radius 2 is 1.81 bits per heavy atom. The zero-order valence-electron chi connectivity index (χ0n) is 19.4. The van der Waals surface area contributed by atoms with Gasteiger partial charge in [-0.05, 0) is 49.6 Å². The average molecular weight is 532 g/mol. The molecule has 9 nitrogen and oxygen atoms in total. The van der Waals surface area contributed by atoms with Gasteiger partial charge in [-0.3, -0.25) is 4.79 Å². The molecule has 0 saturated carbocycles. The number of alkyl halides is 3. The Labute approximate surface area is 207 Å². The standard InChI is InChI=1S/C23H28F3N3O6S/c24-23(25,26)34-18-10-8-17(9-11-18)28-12-14-29(15-13-28)36(31,32)20-6-2-1-5-19(20)22(30)27-35-21-7-3-4-16-33-21/h1-2,6,8-11,19,21H,3-5,7,12-16H2,(H,27,30). The minimum atomic E-state index is -4.77. The molecule has 1 N–H and O–H groups in total. The molecular weight excluding hydrogens is 503 g/mol. The number of carbonyl (C=O) groups is 1. The fraction of sp³-hybridized carbons (Fsp3) is 0.522. The third kappa shape index (κ3) is 6.58. The lowest BCUT2D eigenvalue weighted by Crippen LogP contribution is -2.50. The molecule has 1 aromatic rings. The minimum absolute atomic E-state index is 0.00207. The molecule has 2 heterocycles. The van der Waals surface area contributed by atoms with Crippen LogP contribution in [0.25, 0.3) is 0 Å². The van der Waals surface area contributed by atoms with E-state index in [0.717, 1.165) is 12.8 Å². The monoisotopic (exact) mass is 531 g/mol. The third-order valence-corrected chi connectivity index (χ3v) is 8.23. The number of rotatable bonds is 7.